The lowest BCUT2D eigenvalue weighted by Crippen LogP contribution is -2.46. The Morgan fingerprint density at radius 2 is 1.95 bits per heavy atom. The van der Waals surface area contributed by atoms with Gasteiger partial charge in [-0.2, -0.15) is 5.10 Å². The van der Waals surface area contributed by atoms with Crippen LogP contribution >= 0.6 is 11.6 Å². The van der Waals surface area contributed by atoms with E-state index in [-0.39, 0.29) is 30.3 Å². The van der Waals surface area contributed by atoms with Gasteiger partial charge in [-0.25, -0.2) is 4.79 Å². The summed E-state index contributed by atoms with van der Waals surface area (Å²) in [5.74, 6) is -1.79. The summed E-state index contributed by atoms with van der Waals surface area (Å²) in [7, 11) is 1.74. The van der Waals surface area contributed by atoms with Gasteiger partial charge < -0.3 is 15.3 Å². The molecule has 0 bridgehead atoms. The van der Waals surface area contributed by atoms with Crippen molar-refractivity contribution in [3.63, 3.8) is 0 Å². The number of hydrogen-bond acceptors (Lipinski definition) is 5. The molecule has 1 atom stereocenters. The molecule has 0 saturated carbocycles. The predicted molar refractivity (Wildman–Crippen MR) is 137 cm³/mol. The molecule has 2 amide bonds. The number of carboxylic acids is 1. The van der Waals surface area contributed by atoms with Crippen molar-refractivity contribution in [3.05, 3.63) is 101 Å². The monoisotopic (exact) mass is 515 g/mol. The SMILES string of the molecule is Cn1cc(-c2cc(CN3C(=O)c4ccc(Cl)cc4NC(=O)[C@H]3Cc3ccccn3)ccc2C(=O)O)cn1. The highest BCUT2D eigenvalue weighted by molar-refractivity contribution is 6.31. The average Bonchev–Trinajstić information content (AvgIpc) is 3.29. The number of carbonyl (C=O) groups is 3. The fraction of sp³-hybridized carbons (Fsp3) is 0.148. The van der Waals surface area contributed by atoms with Crippen molar-refractivity contribution >= 4 is 35.1 Å². The standard InChI is InChI=1S/C27H22ClN5O4/c1-32-15-17(13-30-32)22-10-16(5-7-20(22)27(36)37)14-33-24(12-19-4-2-3-9-29-19)25(34)31-23-11-18(28)6-8-21(23)26(33)35/h2-11,13,15,24H,12,14H2,1H3,(H,31,34)(H,36,37)/t24-/m1/s1. The van der Waals surface area contributed by atoms with Crippen LogP contribution in [0.5, 0.6) is 0 Å². The number of fused-ring (bicyclic) bond motifs is 1. The number of pyridine rings is 1. The van der Waals surface area contributed by atoms with Crippen LogP contribution in [0.3, 0.4) is 0 Å². The highest BCUT2D eigenvalue weighted by Gasteiger charge is 2.36. The second-order valence-corrected chi connectivity index (χ2v) is 9.18. The molecule has 37 heavy (non-hydrogen) atoms. The van der Waals surface area contributed by atoms with Crippen LogP contribution < -0.4 is 5.32 Å². The first-order valence-electron chi connectivity index (χ1n) is 11.5. The molecule has 0 aliphatic carbocycles. The Morgan fingerprint density at radius 3 is 2.65 bits per heavy atom. The molecule has 0 saturated heterocycles. The minimum atomic E-state index is -1.07. The van der Waals surface area contributed by atoms with E-state index in [4.69, 9.17) is 11.6 Å². The molecule has 0 spiro atoms. The number of halogens is 1. The molecule has 0 radical (unpaired) electrons. The molecule has 186 valence electrons. The van der Waals surface area contributed by atoms with Crippen LogP contribution in [0.2, 0.25) is 5.02 Å². The average molecular weight is 516 g/mol. The Bertz CT molecular complexity index is 1520. The van der Waals surface area contributed by atoms with E-state index in [1.54, 1.807) is 72.8 Å². The van der Waals surface area contributed by atoms with Crippen molar-refractivity contribution in [1.29, 1.82) is 0 Å². The fourth-order valence-corrected chi connectivity index (χ4v) is 4.61. The molecule has 1 aliphatic heterocycles. The summed E-state index contributed by atoms with van der Waals surface area (Å²) in [6.07, 6.45) is 5.14. The number of benzene rings is 2. The number of anilines is 1. The summed E-state index contributed by atoms with van der Waals surface area (Å²) in [5, 5.41) is 17.1. The van der Waals surface area contributed by atoms with Crippen molar-refractivity contribution in [2.24, 2.45) is 7.05 Å². The van der Waals surface area contributed by atoms with Crippen LogP contribution in [-0.2, 0) is 24.8 Å². The summed E-state index contributed by atoms with van der Waals surface area (Å²) >= 11 is 6.13. The number of aryl methyl sites for hydroxylation is 1. The minimum absolute atomic E-state index is 0.0684. The second kappa shape index (κ2) is 9.87. The van der Waals surface area contributed by atoms with Crippen molar-refractivity contribution < 1.29 is 19.5 Å². The molecule has 0 unspecified atom stereocenters. The van der Waals surface area contributed by atoms with Crippen molar-refractivity contribution in [2.75, 3.05) is 5.32 Å². The molecule has 9 nitrogen and oxygen atoms in total. The Hall–Kier alpha value is -4.50. The van der Waals surface area contributed by atoms with Crippen molar-refractivity contribution in [3.8, 4) is 11.1 Å². The van der Waals surface area contributed by atoms with Gasteiger partial charge in [0.15, 0.2) is 0 Å². The number of nitrogens with zero attached hydrogens (tertiary/aromatic N) is 4. The molecule has 1 aliphatic rings. The van der Waals surface area contributed by atoms with Gasteiger partial charge in [0, 0.05) is 48.7 Å². The lowest BCUT2D eigenvalue weighted by atomic mass is 9.98. The Labute approximate surface area is 217 Å². The van der Waals surface area contributed by atoms with Gasteiger partial charge in [-0.1, -0.05) is 23.7 Å². The number of hydrogen-bond donors (Lipinski definition) is 2. The van der Waals surface area contributed by atoms with Crippen LogP contribution in [0, 0.1) is 0 Å². The summed E-state index contributed by atoms with van der Waals surface area (Å²) in [6, 6.07) is 14.2. The van der Waals surface area contributed by atoms with Gasteiger partial charge in [0.2, 0.25) is 5.91 Å². The zero-order valence-electron chi connectivity index (χ0n) is 19.8. The Balaban J connectivity index is 1.58. The van der Waals surface area contributed by atoms with Crippen LogP contribution in [0.25, 0.3) is 11.1 Å². The van der Waals surface area contributed by atoms with E-state index in [0.717, 1.165) is 0 Å². The van der Waals surface area contributed by atoms with E-state index >= 15 is 0 Å². The van der Waals surface area contributed by atoms with Crippen LogP contribution in [0.4, 0.5) is 5.69 Å². The van der Waals surface area contributed by atoms with Gasteiger partial charge >= 0.3 is 5.97 Å². The highest BCUT2D eigenvalue weighted by Crippen LogP contribution is 2.30. The Kier molecular flexibility index (Phi) is 6.45. The summed E-state index contributed by atoms with van der Waals surface area (Å²) in [6.45, 7) is 0.0684. The van der Waals surface area contributed by atoms with E-state index in [2.05, 4.69) is 15.4 Å². The smallest absolute Gasteiger partial charge is 0.336 e. The van der Waals surface area contributed by atoms with Crippen LogP contribution in [-0.4, -0.2) is 48.6 Å². The quantitative estimate of drug-likeness (QED) is 0.400. The largest absolute Gasteiger partial charge is 0.478 e. The van der Waals surface area contributed by atoms with Gasteiger partial charge in [0.25, 0.3) is 5.91 Å². The molecule has 3 heterocycles. The first kappa shape index (κ1) is 24.2. The first-order chi connectivity index (χ1) is 17.8. The first-order valence-corrected chi connectivity index (χ1v) is 11.8. The molecular formula is C27H22ClN5O4. The van der Waals surface area contributed by atoms with E-state index in [1.807, 2.05) is 6.07 Å². The maximum atomic E-state index is 13.8. The predicted octanol–water partition coefficient (Wildman–Crippen LogP) is 4.04. The molecule has 2 aromatic carbocycles. The highest BCUT2D eigenvalue weighted by atomic mass is 35.5. The molecule has 0 fully saturated rings. The molecule has 5 rings (SSSR count). The van der Waals surface area contributed by atoms with Gasteiger partial charge in [0.1, 0.15) is 6.04 Å². The van der Waals surface area contributed by atoms with Crippen molar-refractivity contribution in [2.45, 2.75) is 19.0 Å². The second-order valence-electron chi connectivity index (χ2n) is 8.74. The van der Waals surface area contributed by atoms with Gasteiger partial charge in [-0.05, 0) is 53.6 Å². The number of aromatic carboxylic acids is 1. The number of carboxylic acid groups (broad SMARTS) is 1. The summed E-state index contributed by atoms with van der Waals surface area (Å²) in [5.41, 5.74) is 3.19. The molecule has 2 N–H and O–H groups in total. The topological polar surface area (TPSA) is 117 Å². The number of rotatable bonds is 6. The van der Waals surface area contributed by atoms with E-state index in [1.165, 1.54) is 11.0 Å². The summed E-state index contributed by atoms with van der Waals surface area (Å²) in [4.78, 5) is 44.9. The maximum absolute atomic E-state index is 13.8. The van der Waals surface area contributed by atoms with Crippen molar-refractivity contribution in [1.82, 2.24) is 19.7 Å². The molecule has 4 aromatic rings. The van der Waals surface area contributed by atoms with Crippen LogP contribution in [0.1, 0.15) is 32.0 Å². The zero-order valence-corrected chi connectivity index (χ0v) is 20.5. The van der Waals surface area contributed by atoms with E-state index in [0.29, 0.717) is 38.7 Å². The van der Waals surface area contributed by atoms with E-state index in [9.17, 15) is 19.5 Å². The lowest BCUT2D eigenvalue weighted by molar-refractivity contribution is -0.120. The third-order valence-electron chi connectivity index (χ3n) is 6.22. The zero-order chi connectivity index (χ0) is 26.1. The number of amides is 2. The van der Waals surface area contributed by atoms with Gasteiger partial charge in [-0.15, -0.1) is 0 Å². The third-order valence-corrected chi connectivity index (χ3v) is 6.46. The van der Waals surface area contributed by atoms with Gasteiger partial charge in [-0.3, -0.25) is 19.3 Å². The molecular weight excluding hydrogens is 494 g/mol. The normalized spacial score (nSPS) is 15.2. The number of carbonyl (C=O) groups excluding carboxylic acids is 2. The lowest BCUT2D eigenvalue weighted by Gasteiger charge is -2.29. The third kappa shape index (κ3) is 4.94. The maximum Gasteiger partial charge on any atom is 0.336 e. The number of nitrogens with one attached hydrogen (secondary N) is 1. The summed E-state index contributed by atoms with van der Waals surface area (Å²) < 4.78 is 1.58. The number of aromatic nitrogens is 3. The van der Waals surface area contributed by atoms with Gasteiger partial charge in [0.05, 0.1) is 23.0 Å². The Morgan fingerprint density at radius 1 is 1.11 bits per heavy atom. The van der Waals surface area contributed by atoms with E-state index < -0.39 is 12.0 Å². The molecule has 10 heteroatoms. The fourth-order valence-electron chi connectivity index (χ4n) is 4.43. The molecule has 2 aromatic heterocycles. The van der Waals surface area contributed by atoms with Crippen LogP contribution in [0.15, 0.2) is 73.2 Å². The minimum Gasteiger partial charge on any atom is -0.478 e.